The first-order valence-corrected chi connectivity index (χ1v) is 8.89. The monoisotopic (exact) mass is 333 g/mol. The Labute approximate surface area is 148 Å². The van der Waals surface area contributed by atoms with E-state index in [9.17, 15) is 0 Å². The highest BCUT2D eigenvalue weighted by Crippen LogP contribution is 2.35. The summed E-state index contributed by atoms with van der Waals surface area (Å²) in [5.74, 6) is 2.55. The number of fused-ring (bicyclic) bond motifs is 2. The van der Waals surface area contributed by atoms with Crippen molar-refractivity contribution in [2.75, 3.05) is 6.79 Å². The van der Waals surface area contributed by atoms with Crippen molar-refractivity contribution in [1.82, 2.24) is 4.98 Å². The Hall–Kier alpha value is -2.55. The molecule has 0 saturated heterocycles. The van der Waals surface area contributed by atoms with Crippen molar-refractivity contribution in [2.45, 2.75) is 39.0 Å². The van der Waals surface area contributed by atoms with Crippen LogP contribution in [0.25, 0.3) is 10.8 Å². The first-order chi connectivity index (χ1) is 12.1. The van der Waals surface area contributed by atoms with Crippen LogP contribution in [0.1, 0.15) is 49.4 Å². The van der Waals surface area contributed by atoms with E-state index in [1.54, 1.807) is 0 Å². The average Bonchev–Trinajstić information content (AvgIpc) is 3.08. The van der Waals surface area contributed by atoms with Gasteiger partial charge in [-0.25, -0.2) is 0 Å². The molecule has 1 aliphatic heterocycles. The highest BCUT2D eigenvalue weighted by atomic mass is 16.7. The molecule has 0 fully saturated rings. The van der Waals surface area contributed by atoms with Crippen LogP contribution in [-0.4, -0.2) is 11.8 Å². The minimum absolute atomic E-state index is 0.317. The molecule has 1 aliphatic rings. The predicted molar refractivity (Wildman–Crippen MR) is 101 cm³/mol. The molecule has 0 N–H and O–H groups in total. The number of nitrogens with zero attached hydrogens (tertiary/aromatic N) is 1. The Morgan fingerprint density at radius 2 is 1.84 bits per heavy atom. The average molecular weight is 333 g/mol. The van der Waals surface area contributed by atoms with Crippen LogP contribution in [0, 0.1) is 0 Å². The van der Waals surface area contributed by atoms with Gasteiger partial charge in [-0.05, 0) is 53.0 Å². The molecule has 1 atom stereocenters. The smallest absolute Gasteiger partial charge is 0.231 e. The third kappa shape index (κ3) is 3.07. The zero-order chi connectivity index (χ0) is 17.4. The summed E-state index contributed by atoms with van der Waals surface area (Å²) in [6, 6.07) is 15.0. The molecule has 1 aromatic heterocycles. The molecular weight excluding hydrogens is 310 g/mol. The molecule has 3 aromatic rings. The molecule has 3 heteroatoms. The van der Waals surface area contributed by atoms with Gasteiger partial charge in [-0.15, -0.1) is 0 Å². The summed E-state index contributed by atoms with van der Waals surface area (Å²) in [7, 11) is 0. The predicted octanol–water partition coefficient (Wildman–Crippen LogP) is 5.43. The van der Waals surface area contributed by atoms with Crippen molar-refractivity contribution in [2.24, 2.45) is 0 Å². The van der Waals surface area contributed by atoms with Crippen LogP contribution in [-0.2, 0) is 6.42 Å². The summed E-state index contributed by atoms with van der Waals surface area (Å²) in [6.45, 7) is 7.00. The molecule has 0 aliphatic carbocycles. The molecule has 2 heterocycles. The van der Waals surface area contributed by atoms with Crippen LogP contribution in [0.15, 0.2) is 48.7 Å². The van der Waals surface area contributed by atoms with Gasteiger partial charge in [-0.3, -0.25) is 4.98 Å². The summed E-state index contributed by atoms with van der Waals surface area (Å²) >= 11 is 0. The maximum absolute atomic E-state index is 5.49. The molecule has 25 heavy (non-hydrogen) atoms. The van der Waals surface area contributed by atoms with Crippen molar-refractivity contribution in [3.8, 4) is 11.5 Å². The van der Waals surface area contributed by atoms with E-state index < -0.39 is 0 Å². The van der Waals surface area contributed by atoms with Crippen molar-refractivity contribution < 1.29 is 9.47 Å². The number of benzene rings is 2. The Balaban J connectivity index is 1.60. The third-order valence-electron chi connectivity index (χ3n) is 4.96. The highest BCUT2D eigenvalue weighted by Gasteiger charge is 2.16. The molecule has 0 spiro atoms. The summed E-state index contributed by atoms with van der Waals surface area (Å²) in [4.78, 5) is 4.73. The van der Waals surface area contributed by atoms with Crippen LogP contribution < -0.4 is 9.47 Å². The molecule has 128 valence electrons. The quantitative estimate of drug-likeness (QED) is 0.637. The van der Waals surface area contributed by atoms with E-state index in [1.807, 2.05) is 12.3 Å². The van der Waals surface area contributed by atoms with Gasteiger partial charge in [0.15, 0.2) is 11.5 Å². The number of aromatic nitrogens is 1. The second-order valence-corrected chi connectivity index (χ2v) is 7.12. The standard InChI is InChI=1S/C22H23NO2/c1-14(2)19-6-4-5-17-10-18(23-12-20(17)19)9-15(3)16-7-8-21-22(11-16)25-13-24-21/h4-8,10-12,14-15H,9,13H2,1-3H3. The maximum atomic E-state index is 5.49. The zero-order valence-corrected chi connectivity index (χ0v) is 15.0. The number of hydrogen-bond acceptors (Lipinski definition) is 3. The Morgan fingerprint density at radius 3 is 2.68 bits per heavy atom. The van der Waals surface area contributed by atoms with Crippen LogP contribution in [0.2, 0.25) is 0 Å². The Bertz CT molecular complexity index is 917. The topological polar surface area (TPSA) is 31.4 Å². The van der Waals surface area contributed by atoms with Crippen molar-refractivity contribution in [1.29, 1.82) is 0 Å². The summed E-state index contributed by atoms with van der Waals surface area (Å²) in [6.07, 6.45) is 2.94. The van der Waals surface area contributed by atoms with Gasteiger partial charge in [0.25, 0.3) is 0 Å². The molecule has 2 aromatic carbocycles. The fraction of sp³-hybridized carbons (Fsp3) is 0.318. The number of pyridine rings is 1. The van der Waals surface area contributed by atoms with E-state index >= 15 is 0 Å². The Kier molecular flexibility index (Phi) is 4.08. The summed E-state index contributed by atoms with van der Waals surface area (Å²) in [5.41, 5.74) is 3.74. The van der Waals surface area contributed by atoms with E-state index in [0.717, 1.165) is 23.6 Å². The van der Waals surface area contributed by atoms with Gasteiger partial charge in [0.2, 0.25) is 6.79 Å². The van der Waals surface area contributed by atoms with E-state index in [2.05, 4.69) is 57.2 Å². The van der Waals surface area contributed by atoms with Crippen LogP contribution >= 0.6 is 0 Å². The van der Waals surface area contributed by atoms with Crippen molar-refractivity contribution in [3.05, 3.63) is 65.5 Å². The fourth-order valence-corrected chi connectivity index (χ4v) is 3.51. The fourth-order valence-electron chi connectivity index (χ4n) is 3.51. The van der Waals surface area contributed by atoms with Crippen LogP contribution in [0.4, 0.5) is 0 Å². The lowest BCUT2D eigenvalue weighted by Gasteiger charge is -2.14. The molecular formula is C22H23NO2. The van der Waals surface area contributed by atoms with Crippen LogP contribution in [0.3, 0.4) is 0 Å². The normalized spacial score (nSPS) is 14.2. The van der Waals surface area contributed by atoms with Crippen molar-refractivity contribution in [3.63, 3.8) is 0 Å². The van der Waals surface area contributed by atoms with Gasteiger partial charge in [0.1, 0.15) is 0 Å². The number of ether oxygens (including phenoxy) is 2. The van der Waals surface area contributed by atoms with E-state index in [4.69, 9.17) is 14.5 Å². The van der Waals surface area contributed by atoms with E-state index in [0.29, 0.717) is 18.6 Å². The largest absolute Gasteiger partial charge is 0.454 e. The van der Waals surface area contributed by atoms with Crippen molar-refractivity contribution >= 4 is 10.8 Å². The van der Waals surface area contributed by atoms with Crippen LogP contribution in [0.5, 0.6) is 11.5 Å². The van der Waals surface area contributed by atoms with Gasteiger partial charge >= 0.3 is 0 Å². The first-order valence-electron chi connectivity index (χ1n) is 8.89. The minimum atomic E-state index is 0.317. The SMILES string of the molecule is CC(C)c1cccc2cc(CC(C)c3ccc4c(c3)OCO4)ncc12. The third-order valence-corrected chi connectivity index (χ3v) is 4.96. The zero-order valence-electron chi connectivity index (χ0n) is 15.0. The van der Waals surface area contributed by atoms with E-state index in [-0.39, 0.29) is 0 Å². The summed E-state index contributed by atoms with van der Waals surface area (Å²) in [5, 5.41) is 2.53. The molecule has 0 amide bonds. The van der Waals surface area contributed by atoms with Gasteiger partial charge in [-0.2, -0.15) is 0 Å². The summed E-state index contributed by atoms with van der Waals surface area (Å²) < 4.78 is 10.9. The van der Waals surface area contributed by atoms with Gasteiger partial charge in [0, 0.05) is 17.3 Å². The number of hydrogen-bond donors (Lipinski definition) is 0. The second-order valence-electron chi connectivity index (χ2n) is 7.12. The lowest BCUT2D eigenvalue weighted by molar-refractivity contribution is 0.174. The molecule has 0 radical (unpaired) electrons. The highest BCUT2D eigenvalue weighted by molar-refractivity contribution is 5.85. The van der Waals surface area contributed by atoms with Gasteiger partial charge in [0.05, 0.1) is 0 Å². The molecule has 0 saturated carbocycles. The molecule has 1 unspecified atom stereocenters. The van der Waals surface area contributed by atoms with E-state index in [1.165, 1.54) is 21.9 Å². The first kappa shape index (κ1) is 15.9. The number of rotatable bonds is 4. The molecule has 0 bridgehead atoms. The van der Waals surface area contributed by atoms with Gasteiger partial charge < -0.3 is 9.47 Å². The molecule has 4 rings (SSSR count). The molecule has 3 nitrogen and oxygen atoms in total. The maximum Gasteiger partial charge on any atom is 0.231 e. The minimum Gasteiger partial charge on any atom is -0.454 e. The van der Waals surface area contributed by atoms with Gasteiger partial charge in [-0.1, -0.05) is 45.0 Å². The lowest BCUT2D eigenvalue weighted by Crippen LogP contribution is -2.01. The second kappa shape index (κ2) is 6.40. The Morgan fingerprint density at radius 1 is 1.00 bits per heavy atom. The lowest BCUT2D eigenvalue weighted by atomic mass is 9.93.